The Labute approximate surface area is 301 Å². The number of aromatic nitrogens is 2. The molecule has 2 aromatic heterocycles. The summed E-state index contributed by atoms with van der Waals surface area (Å²) in [6.07, 6.45) is 0. The van der Waals surface area contributed by atoms with Crippen molar-refractivity contribution in [3.63, 3.8) is 0 Å². The van der Waals surface area contributed by atoms with Crippen molar-refractivity contribution in [2.75, 3.05) is 0 Å². The van der Waals surface area contributed by atoms with Crippen LogP contribution in [0.5, 0.6) is 0 Å². The van der Waals surface area contributed by atoms with Gasteiger partial charge in [-0.05, 0) is 92.3 Å². The van der Waals surface area contributed by atoms with Crippen molar-refractivity contribution in [3.8, 4) is 33.6 Å². The molecule has 2 nitrogen and oxygen atoms in total. The van der Waals surface area contributed by atoms with Crippen LogP contribution in [0.4, 0.5) is 0 Å². The summed E-state index contributed by atoms with van der Waals surface area (Å²) in [7, 11) is 0. The summed E-state index contributed by atoms with van der Waals surface area (Å²) in [5, 5.41) is 10.1. The first kappa shape index (κ1) is 28.9. The molecule has 0 unspecified atom stereocenters. The lowest BCUT2D eigenvalue weighted by Gasteiger charge is -2.12. The van der Waals surface area contributed by atoms with Gasteiger partial charge in [-0.1, -0.05) is 146 Å². The molecular weight excluding hydrogens is 629 g/mol. The summed E-state index contributed by atoms with van der Waals surface area (Å²) < 4.78 is 4.89. The quantitative estimate of drug-likeness (QED) is 0.166. The van der Waals surface area contributed by atoms with Gasteiger partial charge in [0, 0.05) is 32.9 Å². The molecule has 0 atom stereocenters. The molecule has 0 saturated carbocycles. The first-order valence-corrected chi connectivity index (χ1v) is 17.9. The fraction of sp³-hybridized carbons (Fsp3) is 0. The van der Waals surface area contributed by atoms with Crippen LogP contribution in [0.1, 0.15) is 0 Å². The van der Waals surface area contributed by atoms with E-state index >= 15 is 0 Å². The van der Waals surface area contributed by atoms with Crippen molar-refractivity contribution in [1.29, 1.82) is 0 Å². The third-order valence-electron chi connectivity index (χ3n) is 10.9. The maximum Gasteiger partial charge on any atom is 0.0548 e. The van der Waals surface area contributed by atoms with E-state index in [-0.39, 0.29) is 0 Å². The van der Waals surface area contributed by atoms with E-state index in [0.29, 0.717) is 0 Å². The van der Waals surface area contributed by atoms with Crippen LogP contribution >= 0.6 is 0 Å². The molecule has 242 valence electrons. The summed E-state index contributed by atoms with van der Waals surface area (Å²) >= 11 is 0. The second-order valence-electron chi connectivity index (χ2n) is 13.8. The normalized spacial score (nSPS) is 11.8. The Morgan fingerprint density at radius 1 is 0.231 bits per heavy atom. The van der Waals surface area contributed by atoms with E-state index in [1.807, 2.05) is 0 Å². The minimum Gasteiger partial charge on any atom is -0.309 e. The molecule has 0 bridgehead atoms. The van der Waals surface area contributed by atoms with Gasteiger partial charge in [-0.15, -0.1) is 0 Å². The first-order valence-electron chi connectivity index (χ1n) is 17.9. The van der Waals surface area contributed by atoms with Crippen molar-refractivity contribution in [1.82, 2.24) is 9.13 Å². The molecule has 11 aromatic rings. The van der Waals surface area contributed by atoms with E-state index in [0.717, 1.165) is 5.69 Å². The minimum absolute atomic E-state index is 1.15. The molecule has 0 aliphatic carbocycles. The van der Waals surface area contributed by atoms with Crippen molar-refractivity contribution in [2.24, 2.45) is 0 Å². The Hall–Kier alpha value is -6.90. The number of benzene rings is 9. The van der Waals surface area contributed by atoms with Gasteiger partial charge < -0.3 is 9.13 Å². The molecular formula is C50H32N2. The molecule has 2 heterocycles. The van der Waals surface area contributed by atoms with Gasteiger partial charge in [0.05, 0.1) is 22.1 Å². The van der Waals surface area contributed by atoms with E-state index in [9.17, 15) is 0 Å². The maximum atomic E-state index is 2.45. The minimum atomic E-state index is 1.15. The van der Waals surface area contributed by atoms with Gasteiger partial charge >= 0.3 is 0 Å². The van der Waals surface area contributed by atoms with Crippen molar-refractivity contribution >= 4 is 65.2 Å². The molecule has 2 heteroatoms. The summed E-state index contributed by atoms with van der Waals surface area (Å²) in [6.45, 7) is 0. The highest BCUT2D eigenvalue weighted by Crippen LogP contribution is 2.40. The van der Waals surface area contributed by atoms with Gasteiger partial charge in [-0.25, -0.2) is 0 Å². The summed E-state index contributed by atoms with van der Waals surface area (Å²) in [4.78, 5) is 0. The Balaban J connectivity index is 1.11. The average Bonchev–Trinajstić information content (AvgIpc) is 3.72. The highest BCUT2D eigenvalue weighted by atomic mass is 15.0. The zero-order valence-corrected chi connectivity index (χ0v) is 28.4. The van der Waals surface area contributed by atoms with Crippen molar-refractivity contribution in [2.45, 2.75) is 0 Å². The molecule has 9 aromatic carbocycles. The number of nitrogens with zero attached hydrogens (tertiary/aromatic N) is 2. The Morgan fingerprint density at radius 2 is 0.731 bits per heavy atom. The lowest BCUT2D eigenvalue weighted by atomic mass is 10.00. The lowest BCUT2D eigenvalue weighted by Crippen LogP contribution is -1.95. The highest BCUT2D eigenvalue weighted by molar-refractivity contribution is 6.19. The fourth-order valence-corrected chi connectivity index (χ4v) is 8.44. The third kappa shape index (κ3) is 4.38. The van der Waals surface area contributed by atoms with Crippen LogP contribution in [0.2, 0.25) is 0 Å². The lowest BCUT2D eigenvalue weighted by molar-refractivity contribution is 1.18. The van der Waals surface area contributed by atoms with Crippen LogP contribution < -0.4 is 0 Å². The standard InChI is InChI=1S/C50H32N2/c1-2-11-33(12-3-1)34-21-23-35(24-22-34)37-14-10-15-39(29-37)51-47-19-8-6-17-43(47)45-32-50-46(31-49(45)51)44-18-7-9-20-48(44)52(50)40-27-28-42-38(30-40)26-25-36-13-4-5-16-41(36)42/h1-32H. The second-order valence-corrected chi connectivity index (χ2v) is 13.8. The summed E-state index contributed by atoms with van der Waals surface area (Å²) in [5.41, 5.74) is 12.0. The molecule has 0 N–H and O–H groups in total. The SMILES string of the molecule is c1ccc(-c2ccc(-c3cccc(-n4c5ccccc5c5cc6c(cc54)c4ccccc4n6-c4ccc5c(ccc6ccccc65)c4)c3)cc2)cc1. The largest absolute Gasteiger partial charge is 0.309 e. The van der Waals surface area contributed by atoms with E-state index in [1.54, 1.807) is 0 Å². The number of rotatable bonds is 4. The van der Waals surface area contributed by atoms with Gasteiger partial charge in [0.15, 0.2) is 0 Å². The summed E-state index contributed by atoms with van der Waals surface area (Å²) in [5.74, 6) is 0. The third-order valence-corrected chi connectivity index (χ3v) is 10.9. The van der Waals surface area contributed by atoms with Gasteiger partial charge in [0.2, 0.25) is 0 Å². The van der Waals surface area contributed by atoms with Crippen LogP contribution in [-0.4, -0.2) is 9.13 Å². The van der Waals surface area contributed by atoms with E-state index in [2.05, 4.69) is 203 Å². The van der Waals surface area contributed by atoms with E-state index < -0.39 is 0 Å². The smallest absolute Gasteiger partial charge is 0.0548 e. The number of para-hydroxylation sites is 2. The van der Waals surface area contributed by atoms with Crippen LogP contribution in [-0.2, 0) is 0 Å². The van der Waals surface area contributed by atoms with E-state index in [4.69, 9.17) is 0 Å². The van der Waals surface area contributed by atoms with Gasteiger partial charge in [0.1, 0.15) is 0 Å². The number of fused-ring (bicyclic) bond motifs is 9. The van der Waals surface area contributed by atoms with Crippen LogP contribution in [0.3, 0.4) is 0 Å². The molecule has 0 fully saturated rings. The first-order chi connectivity index (χ1) is 25.8. The molecule has 11 rings (SSSR count). The van der Waals surface area contributed by atoms with Gasteiger partial charge in [-0.3, -0.25) is 0 Å². The maximum absolute atomic E-state index is 2.45. The molecule has 0 aliphatic heterocycles. The fourth-order valence-electron chi connectivity index (χ4n) is 8.44. The van der Waals surface area contributed by atoms with Crippen LogP contribution in [0.15, 0.2) is 194 Å². The molecule has 0 amide bonds. The molecule has 0 aliphatic rings. The topological polar surface area (TPSA) is 9.86 Å². The van der Waals surface area contributed by atoms with Gasteiger partial charge in [0.25, 0.3) is 0 Å². The van der Waals surface area contributed by atoms with Crippen molar-refractivity contribution in [3.05, 3.63) is 194 Å². The Morgan fingerprint density at radius 3 is 1.42 bits per heavy atom. The average molecular weight is 661 g/mol. The number of hydrogen-bond donors (Lipinski definition) is 0. The van der Waals surface area contributed by atoms with E-state index in [1.165, 1.54) is 93.1 Å². The van der Waals surface area contributed by atoms with Gasteiger partial charge in [-0.2, -0.15) is 0 Å². The van der Waals surface area contributed by atoms with Crippen molar-refractivity contribution < 1.29 is 0 Å². The molecule has 0 radical (unpaired) electrons. The van der Waals surface area contributed by atoms with Crippen LogP contribution in [0, 0.1) is 0 Å². The van der Waals surface area contributed by atoms with Crippen LogP contribution in [0.25, 0.3) is 98.8 Å². The monoisotopic (exact) mass is 660 g/mol. The Bertz CT molecular complexity index is 3160. The Kier molecular flexibility index (Phi) is 6.28. The summed E-state index contributed by atoms with van der Waals surface area (Å²) in [6, 6.07) is 71.0. The molecule has 0 spiro atoms. The molecule has 0 saturated heterocycles. The predicted molar refractivity (Wildman–Crippen MR) is 221 cm³/mol. The highest BCUT2D eigenvalue weighted by Gasteiger charge is 2.19. The number of hydrogen-bond acceptors (Lipinski definition) is 0. The second kappa shape index (κ2) is 11.3. The zero-order valence-electron chi connectivity index (χ0n) is 28.4. The molecule has 52 heavy (non-hydrogen) atoms. The predicted octanol–water partition coefficient (Wildman–Crippen LogP) is 13.5. The zero-order chi connectivity index (χ0) is 34.2.